The average molecular weight is 212 g/mol. The van der Waals surface area contributed by atoms with Crippen LogP contribution in [0.5, 0.6) is 0 Å². The highest BCUT2D eigenvalue weighted by Gasteiger charge is 2.37. The van der Waals surface area contributed by atoms with E-state index in [1.54, 1.807) is 14.2 Å². The summed E-state index contributed by atoms with van der Waals surface area (Å²) in [4.78, 5) is 0. The maximum absolute atomic E-state index is 9.31. The second-order valence-corrected chi connectivity index (χ2v) is 6.40. The predicted octanol–water partition coefficient (Wildman–Crippen LogP) is 0.469. The molecule has 14 heavy (non-hydrogen) atoms. The van der Waals surface area contributed by atoms with E-state index in [1.807, 2.05) is 31.2 Å². The average Bonchev–Trinajstić information content (AvgIpc) is 2.24. The number of hydrogen-bond donors (Lipinski definition) is 1. The van der Waals surface area contributed by atoms with Crippen LogP contribution in [0.15, 0.2) is 24.3 Å². The SMILES string of the molecule is CO[Si](CO)(OC)c1ccc(C)cc1. The van der Waals surface area contributed by atoms with Crippen molar-refractivity contribution in [3.05, 3.63) is 29.8 Å². The highest BCUT2D eigenvalue weighted by Crippen LogP contribution is 2.06. The summed E-state index contributed by atoms with van der Waals surface area (Å²) >= 11 is 0. The van der Waals surface area contributed by atoms with Crippen LogP contribution in [0.2, 0.25) is 0 Å². The monoisotopic (exact) mass is 212 g/mol. The van der Waals surface area contributed by atoms with Crippen LogP contribution in [0.25, 0.3) is 0 Å². The van der Waals surface area contributed by atoms with E-state index in [9.17, 15) is 5.11 Å². The Kier molecular flexibility index (Phi) is 3.83. The molecule has 3 nitrogen and oxygen atoms in total. The Morgan fingerprint density at radius 3 is 2.00 bits per heavy atom. The molecular formula is C10H16O3Si. The Bertz CT molecular complexity index is 272. The molecule has 1 aromatic carbocycles. The predicted molar refractivity (Wildman–Crippen MR) is 57.7 cm³/mol. The van der Waals surface area contributed by atoms with E-state index >= 15 is 0 Å². The van der Waals surface area contributed by atoms with Crippen LogP contribution in [0, 0.1) is 6.92 Å². The van der Waals surface area contributed by atoms with Gasteiger partial charge in [0.05, 0.1) is 6.23 Å². The van der Waals surface area contributed by atoms with E-state index in [0.717, 1.165) is 5.19 Å². The molecule has 0 aliphatic rings. The number of rotatable bonds is 4. The van der Waals surface area contributed by atoms with E-state index in [0.29, 0.717) is 0 Å². The topological polar surface area (TPSA) is 38.7 Å². The molecule has 1 rings (SSSR count). The summed E-state index contributed by atoms with van der Waals surface area (Å²) in [6, 6.07) is 7.88. The van der Waals surface area contributed by atoms with Crippen molar-refractivity contribution in [1.82, 2.24) is 0 Å². The minimum Gasteiger partial charge on any atom is -0.394 e. The number of aliphatic hydroxyl groups excluding tert-OH is 1. The third-order valence-electron chi connectivity index (χ3n) is 2.36. The lowest BCUT2D eigenvalue weighted by Crippen LogP contribution is -2.56. The van der Waals surface area contributed by atoms with Gasteiger partial charge in [0.1, 0.15) is 0 Å². The number of aryl methyl sites for hydroxylation is 1. The molecule has 0 saturated carbocycles. The van der Waals surface area contributed by atoms with Crippen LogP contribution >= 0.6 is 0 Å². The standard InChI is InChI=1S/C10H16O3Si/c1-9-4-6-10(7-5-9)14(8-11,12-2)13-3/h4-7,11H,8H2,1-3H3. The maximum atomic E-state index is 9.31. The van der Waals surface area contributed by atoms with Gasteiger partial charge in [0.25, 0.3) is 0 Å². The van der Waals surface area contributed by atoms with E-state index in [2.05, 4.69) is 0 Å². The van der Waals surface area contributed by atoms with E-state index in [-0.39, 0.29) is 6.23 Å². The minimum absolute atomic E-state index is 0.0664. The first-order valence-electron chi connectivity index (χ1n) is 4.47. The zero-order valence-corrected chi connectivity index (χ0v) is 9.78. The van der Waals surface area contributed by atoms with Crippen molar-refractivity contribution in [2.24, 2.45) is 0 Å². The fourth-order valence-electron chi connectivity index (χ4n) is 1.35. The van der Waals surface area contributed by atoms with Crippen molar-refractivity contribution in [3.8, 4) is 0 Å². The van der Waals surface area contributed by atoms with Crippen molar-refractivity contribution in [2.75, 3.05) is 20.4 Å². The molecule has 0 aliphatic carbocycles. The number of hydrogen-bond acceptors (Lipinski definition) is 3. The molecule has 0 fully saturated rings. The molecule has 0 heterocycles. The molecule has 0 aromatic heterocycles. The number of aliphatic hydroxyl groups is 1. The second-order valence-electron chi connectivity index (χ2n) is 3.19. The zero-order chi connectivity index (χ0) is 10.6. The van der Waals surface area contributed by atoms with Gasteiger partial charge in [-0.25, -0.2) is 0 Å². The molecular weight excluding hydrogens is 196 g/mol. The smallest absolute Gasteiger partial charge is 0.394 e. The van der Waals surface area contributed by atoms with E-state index in [1.165, 1.54) is 5.56 Å². The van der Waals surface area contributed by atoms with Gasteiger partial charge in [-0.1, -0.05) is 29.8 Å². The van der Waals surface area contributed by atoms with E-state index in [4.69, 9.17) is 8.85 Å². The summed E-state index contributed by atoms with van der Waals surface area (Å²) in [6.45, 7) is 2.02. The third-order valence-corrected chi connectivity index (χ3v) is 5.31. The van der Waals surface area contributed by atoms with Gasteiger partial charge < -0.3 is 14.0 Å². The van der Waals surface area contributed by atoms with Crippen molar-refractivity contribution in [3.63, 3.8) is 0 Å². The molecule has 1 aromatic rings. The van der Waals surface area contributed by atoms with Gasteiger partial charge >= 0.3 is 8.56 Å². The Morgan fingerprint density at radius 1 is 1.14 bits per heavy atom. The highest BCUT2D eigenvalue weighted by molar-refractivity contribution is 6.80. The van der Waals surface area contributed by atoms with Crippen LogP contribution in [-0.4, -0.2) is 34.1 Å². The molecule has 0 atom stereocenters. The first-order chi connectivity index (χ1) is 6.68. The fourth-order valence-corrected chi connectivity index (χ4v) is 3.10. The summed E-state index contributed by atoms with van der Waals surface area (Å²) in [6.07, 6.45) is -0.0664. The molecule has 0 amide bonds. The van der Waals surface area contributed by atoms with E-state index < -0.39 is 8.56 Å². The second kappa shape index (κ2) is 4.70. The van der Waals surface area contributed by atoms with Gasteiger partial charge in [-0.15, -0.1) is 0 Å². The molecule has 0 radical (unpaired) electrons. The summed E-state index contributed by atoms with van der Waals surface area (Å²) in [5, 5.41) is 10.3. The molecule has 0 unspecified atom stereocenters. The Balaban J connectivity index is 3.05. The van der Waals surface area contributed by atoms with Crippen molar-refractivity contribution < 1.29 is 14.0 Å². The largest absolute Gasteiger partial charge is 0.398 e. The van der Waals surface area contributed by atoms with Crippen LogP contribution in [0.3, 0.4) is 0 Å². The van der Waals surface area contributed by atoms with Gasteiger partial charge in [0, 0.05) is 14.2 Å². The molecule has 0 bridgehead atoms. The van der Waals surface area contributed by atoms with Crippen LogP contribution in [0.1, 0.15) is 5.56 Å². The van der Waals surface area contributed by atoms with Gasteiger partial charge in [0.15, 0.2) is 0 Å². The summed E-state index contributed by atoms with van der Waals surface area (Å²) in [7, 11) is 0.590. The lowest BCUT2D eigenvalue weighted by atomic mass is 10.2. The highest BCUT2D eigenvalue weighted by atomic mass is 28.4. The molecule has 1 N–H and O–H groups in total. The third kappa shape index (κ3) is 2.04. The molecule has 0 saturated heterocycles. The van der Waals surface area contributed by atoms with Gasteiger partial charge in [0.2, 0.25) is 0 Å². The molecule has 0 aliphatic heterocycles. The van der Waals surface area contributed by atoms with Gasteiger partial charge in [-0.3, -0.25) is 0 Å². The minimum atomic E-state index is -2.56. The lowest BCUT2D eigenvalue weighted by molar-refractivity contribution is 0.211. The summed E-state index contributed by atoms with van der Waals surface area (Å²) < 4.78 is 10.7. The normalized spacial score (nSPS) is 11.7. The summed E-state index contributed by atoms with van der Waals surface area (Å²) in [5.41, 5.74) is 1.18. The van der Waals surface area contributed by atoms with Crippen molar-refractivity contribution >= 4 is 13.7 Å². The van der Waals surface area contributed by atoms with Crippen molar-refractivity contribution in [2.45, 2.75) is 6.92 Å². The molecule has 0 spiro atoms. The first-order valence-corrected chi connectivity index (χ1v) is 6.49. The Hall–Kier alpha value is -0.683. The Morgan fingerprint density at radius 2 is 1.64 bits per heavy atom. The van der Waals surface area contributed by atoms with Gasteiger partial charge in [-0.2, -0.15) is 0 Å². The molecule has 78 valence electrons. The zero-order valence-electron chi connectivity index (χ0n) is 8.78. The molecule has 4 heteroatoms. The van der Waals surface area contributed by atoms with Crippen molar-refractivity contribution in [1.29, 1.82) is 0 Å². The van der Waals surface area contributed by atoms with Gasteiger partial charge in [-0.05, 0) is 12.1 Å². The fraction of sp³-hybridized carbons (Fsp3) is 0.400. The first kappa shape index (κ1) is 11.4. The lowest BCUT2D eigenvalue weighted by Gasteiger charge is -2.25. The quantitative estimate of drug-likeness (QED) is 0.737. The van der Waals surface area contributed by atoms with Crippen LogP contribution in [0.4, 0.5) is 0 Å². The van der Waals surface area contributed by atoms with Crippen LogP contribution < -0.4 is 5.19 Å². The maximum Gasteiger partial charge on any atom is 0.398 e. The van der Waals surface area contributed by atoms with Crippen LogP contribution in [-0.2, 0) is 8.85 Å². The Labute approximate surface area is 85.5 Å². The number of benzene rings is 1. The summed E-state index contributed by atoms with van der Waals surface area (Å²) in [5.74, 6) is 0.